The number of piperazine rings is 1. The van der Waals surface area contributed by atoms with Crippen LogP contribution in [0.2, 0.25) is 0 Å². The lowest BCUT2D eigenvalue weighted by Gasteiger charge is -2.35. The molecule has 0 atom stereocenters. The summed E-state index contributed by atoms with van der Waals surface area (Å²) in [6, 6.07) is 20.4. The molecule has 188 valence electrons. The molecule has 0 bridgehead atoms. The first kappa shape index (κ1) is 24.0. The molecule has 1 aromatic heterocycles. The topological polar surface area (TPSA) is 105 Å². The Bertz CT molecular complexity index is 1400. The van der Waals surface area contributed by atoms with E-state index in [2.05, 4.69) is 30.4 Å². The summed E-state index contributed by atoms with van der Waals surface area (Å²) < 4.78 is 10.9. The number of nitrogens with one attached hydrogen (secondary N) is 1. The van der Waals surface area contributed by atoms with E-state index < -0.39 is 0 Å². The third kappa shape index (κ3) is 5.43. The lowest BCUT2D eigenvalue weighted by molar-refractivity contribution is 0.208. The van der Waals surface area contributed by atoms with Crippen LogP contribution >= 0.6 is 0 Å². The predicted molar refractivity (Wildman–Crippen MR) is 143 cm³/mol. The van der Waals surface area contributed by atoms with Crippen molar-refractivity contribution in [1.82, 2.24) is 14.9 Å². The number of anilines is 2. The second-order valence-corrected chi connectivity index (χ2v) is 8.41. The van der Waals surface area contributed by atoms with Gasteiger partial charge in [0.15, 0.2) is 11.5 Å². The van der Waals surface area contributed by atoms with Crippen LogP contribution in [0.5, 0.6) is 11.5 Å². The molecule has 37 heavy (non-hydrogen) atoms. The van der Waals surface area contributed by atoms with E-state index >= 15 is 0 Å². The van der Waals surface area contributed by atoms with Gasteiger partial charge in [-0.1, -0.05) is 18.2 Å². The number of carbonyl (C=O) groups is 1. The van der Waals surface area contributed by atoms with Crippen molar-refractivity contribution in [2.75, 3.05) is 50.6 Å². The molecule has 1 fully saturated rings. The highest BCUT2D eigenvalue weighted by Crippen LogP contribution is 2.35. The summed E-state index contributed by atoms with van der Waals surface area (Å²) in [5.41, 5.74) is 2.97. The summed E-state index contributed by atoms with van der Waals surface area (Å²) in [6.07, 6.45) is 1.55. The first-order valence-electron chi connectivity index (χ1n) is 11.9. The Morgan fingerprint density at radius 1 is 0.838 bits per heavy atom. The molecular formula is C27H27N7O3. The molecule has 3 aromatic carbocycles. The third-order valence-electron chi connectivity index (χ3n) is 6.14. The van der Waals surface area contributed by atoms with Gasteiger partial charge in [0.1, 0.15) is 12.1 Å². The minimum Gasteiger partial charge on any atom is -0.493 e. The molecule has 1 N–H and O–H groups in total. The fraction of sp³-hybridized carbons (Fsp3) is 0.222. The molecule has 1 saturated heterocycles. The van der Waals surface area contributed by atoms with Crippen molar-refractivity contribution in [2.45, 2.75) is 0 Å². The summed E-state index contributed by atoms with van der Waals surface area (Å²) in [5, 5.41) is 12.3. The molecule has 10 heteroatoms. The van der Waals surface area contributed by atoms with Crippen LogP contribution in [0.4, 0.5) is 27.7 Å². The Balaban J connectivity index is 1.20. The van der Waals surface area contributed by atoms with Crippen LogP contribution in [0.15, 0.2) is 83.3 Å². The molecule has 0 spiro atoms. The minimum absolute atomic E-state index is 0.141. The largest absolute Gasteiger partial charge is 0.493 e. The van der Waals surface area contributed by atoms with Crippen molar-refractivity contribution in [2.24, 2.45) is 10.2 Å². The van der Waals surface area contributed by atoms with Gasteiger partial charge in [-0.25, -0.2) is 14.8 Å². The highest BCUT2D eigenvalue weighted by atomic mass is 16.5. The maximum Gasteiger partial charge on any atom is 0.321 e. The normalized spacial score (nSPS) is 13.7. The van der Waals surface area contributed by atoms with Gasteiger partial charge in [-0.3, -0.25) is 0 Å². The maximum atomic E-state index is 12.9. The highest BCUT2D eigenvalue weighted by molar-refractivity contribution is 5.92. The Morgan fingerprint density at radius 2 is 1.49 bits per heavy atom. The molecular weight excluding hydrogens is 470 g/mol. The van der Waals surface area contributed by atoms with Gasteiger partial charge in [0, 0.05) is 43.3 Å². The third-order valence-corrected chi connectivity index (χ3v) is 6.14. The van der Waals surface area contributed by atoms with Crippen LogP contribution in [0.3, 0.4) is 0 Å². The number of amides is 2. The number of nitrogens with zero attached hydrogens (tertiary/aromatic N) is 6. The monoisotopic (exact) mass is 497 g/mol. The van der Waals surface area contributed by atoms with Crippen molar-refractivity contribution in [1.29, 1.82) is 0 Å². The van der Waals surface area contributed by atoms with Crippen LogP contribution in [0.25, 0.3) is 10.9 Å². The molecule has 5 rings (SSSR count). The summed E-state index contributed by atoms with van der Waals surface area (Å²) in [7, 11) is 3.20. The number of hydrogen-bond donors (Lipinski definition) is 1. The fourth-order valence-corrected chi connectivity index (χ4v) is 4.17. The molecule has 10 nitrogen and oxygen atoms in total. The maximum absolute atomic E-state index is 12.9. The SMILES string of the molecule is COc1cc2ncnc(N3CCN(C(=O)Nc4ccc(N=Nc5ccccc5)cc4)CC3)c2cc1OC. The van der Waals surface area contributed by atoms with Crippen LogP contribution in [0, 0.1) is 0 Å². The van der Waals surface area contributed by atoms with Gasteiger partial charge >= 0.3 is 6.03 Å². The standard InChI is InChI=1S/C27H27N7O3/c1-36-24-16-22-23(17-25(24)37-2)28-18-29-26(22)33-12-14-34(15-13-33)27(35)30-19-8-10-21(11-9-19)32-31-20-6-4-3-5-7-20/h3-11,16-18H,12-15H2,1-2H3,(H,30,35). The van der Waals surface area contributed by atoms with Gasteiger partial charge in [0.2, 0.25) is 0 Å². The molecule has 0 unspecified atom stereocenters. The molecule has 4 aromatic rings. The summed E-state index contributed by atoms with van der Waals surface area (Å²) >= 11 is 0. The van der Waals surface area contributed by atoms with E-state index in [4.69, 9.17) is 9.47 Å². The van der Waals surface area contributed by atoms with E-state index in [1.807, 2.05) is 66.7 Å². The zero-order valence-electron chi connectivity index (χ0n) is 20.7. The highest BCUT2D eigenvalue weighted by Gasteiger charge is 2.24. The van der Waals surface area contributed by atoms with Crippen molar-refractivity contribution >= 4 is 39.8 Å². The van der Waals surface area contributed by atoms with Crippen molar-refractivity contribution < 1.29 is 14.3 Å². The van der Waals surface area contributed by atoms with Gasteiger partial charge in [0.05, 0.1) is 31.1 Å². The van der Waals surface area contributed by atoms with E-state index in [0.717, 1.165) is 22.4 Å². The quantitative estimate of drug-likeness (QED) is 0.357. The second-order valence-electron chi connectivity index (χ2n) is 8.41. The van der Waals surface area contributed by atoms with E-state index in [-0.39, 0.29) is 6.03 Å². The average Bonchev–Trinajstić information content (AvgIpc) is 2.96. The Labute approximate surface area is 214 Å². The van der Waals surface area contributed by atoms with Crippen molar-refractivity contribution in [3.05, 3.63) is 73.1 Å². The minimum atomic E-state index is -0.141. The molecule has 0 radical (unpaired) electrons. The number of rotatable bonds is 6. The number of hydrogen-bond acceptors (Lipinski definition) is 8. The van der Waals surface area contributed by atoms with Crippen LogP contribution in [-0.4, -0.2) is 61.3 Å². The van der Waals surface area contributed by atoms with E-state index in [1.54, 1.807) is 25.4 Å². The number of methoxy groups -OCH3 is 2. The number of aromatic nitrogens is 2. The van der Waals surface area contributed by atoms with Gasteiger partial charge in [0.25, 0.3) is 0 Å². The van der Waals surface area contributed by atoms with Gasteiger partial charge in [-0.15, -0.1) is 0 Å². The molecule has 0 aliphatic carbocycles. The lowest BCUT2D eigenvalue weighted by Crippen LogP contribution is -2.50. The van der Waals surface area contributed by atoms with Gasteiger partial charge in [-0.05, 0) is 42.5 Å². The number of fused-ring (bicyclic) bond motifs is 1. The number of carbonyl (C=O) groups excluding carboxylic acids is 1. The average molecular weight is 498 g/mol. The van der Waals surface area contributed by atoms with E-state index in [0.29, 0.717) is 49.1 Å². The first-order valence-corrected chi connectivity index (χ1v) is 11.9. The Morgan fingerprint density at radius 3 is 2.16 bits per heavy atom. The number of ether oxygens (including phenoxy) is 2. The summed E-state index contributed by atoms with van der Waals surface area (Å²) in [6.45, 7) is 2.42. The predicted octanol–water partition coefficient (Wildman–Crippen LogP) is 5.42. The smallest absolute Gasteiger partial charge is 0.321 e. The Hall–Kier alpha value is -4.73. The number of urea groups is 1. The van der Waals surface area contributed by atoms with Crippen molar-refractivity contribution in [3.8, 4) is 11.5 Å². The molecule has 1 aliphatic rings. The van der Waals surface area contributed by atoms with Gasteiger partial charge in [-0.2, -0.15) is 10.2 Å². The van der Waals surface area contributed by atoms with E-state index in [1.165, 1.54) is 0 Å². The number of benzene rings is 3. The molecule has 0 saturated carbocycles. The summed E-state index contributed by atoms with van der Waals surface area (Å²) in [4.78, 5) is 25.7. The van der Waals surface area contributed by atoms with Crippen LogP contribution in [0.1, 0.15) is 0 Å². The van der Waals surface area contributed by atoms with Crippen LogP contribution < -0.4 is 19.7 Å². The fourth-order valence-electron chi connectivity index (χ4n) is 4.17. The second kappa shape index (κ2) is 10.9. The van der Waals surface area contributed by atoms with Crippen molar-refractivity contribution in [3.63, 3.8) is 0 Å². The zero-order chi connectivity index (χ0) is 25.6. The Kier molecular flexibility index (Phi) is 7.07. The van der Waals surface area contributed by atoms with E-state index in [9.17, 15) is 4.79 Å². The number of azo groups is 1. The first-order chi connectivity index (χ1) is 18.1. The summed E-state index contributed by atoms with van der Waals surface area (Å²) in [5.74, 6) is 2.05. The molecule has 1 aliphatic heterocycles. The van der Waals surface area contributed by atoms with Crippen LogP contribution in [-0.2, 0) is 0 Å². The lowest BCUT2D eigenvalue weighted by atomic mass is 10.2. The van der Waals surface area contributed by atoms with Gasteiger partial charge < -0.3 is 24.6 Å². The molecule has 2 amide bonds. The zero-order valence-corrected chi connectivity index (χ0v) is 20.7. The molecule has 2 heterocycles.